The maximum absolute atomic E-state index is 12.5. The van der Waals surface area contributed by atoms with Crippen molar-refractivity contribution >= 4 is 15.7 Å². The summed E-state index contributed by atoms with van der Waals surface area (Å²) in [6.07, 6.45) is 0.419. The van der Waals surface area contributed by atoms with Crippen LogP contribution in [0.4, 0.5) is 0 Å². The number of aliphatic hydroxyl groups is 1. The lowest BCUT2D eigenvalue weighted by atomic mass is 9.94. The largest absolute Gasteiger partial charge is 0.497 e. The first-order valence-corrected chi connectivity index (χ1v) is 9.02. The summed E-state index contributed by atoms with van der Waals surface area (Å²) >= 11 is 0. The smallest absolute Gasteiger partial charge is 0.230 e. The molecule has 0 spiro atoms. The lowest BCUT2D eigenvalue weighted by molar-refractivity contribution is -0.124. The Hall–Kier alpha value is -1.60. The highest BCUT2D eigenvalue weighted by Crippen LogP contribution is 2.48. The molecule has 0 aromatic heterocycles. The molecule has 2 fully saturated rings. The van der Waals surface area contributed by atoms with Crippen LogP contribution in [0.15, 0.2) is 24.3 Å². The van der Waals surface area contributed by atoms with Crippen LogP contribution < -0.4 is 10.1 Å². The van der Waals surface area contributed by atoms with Gasteiger partial charge in [-0.1, -0.05) is 12.1 Å². The number of hydrogen-bond acceptors (Lipinski definition) is 5. The van der Waals surface area contributed by atoms with Crippen molar-refractivity contribution in [3.63, 3.8) is 0 Å². The van der Waals surface area contributed by atoms with Gasteiger partial charge in [0.15, 0.2) is 9.84 Å². The van der Waals surface area contributed by atoms with Gasteiger partial charge >= 0.3 is 0 Å². The van der Waals surface area contributed by atoms with Gasteiger partial charge in [-0.15, -0.1) is 0 Å². The summed E-state index contributed by atoms with van der Waals surface area (Å²) in [5.74, 6) is 0.0302. The minimum atomic E-state index is -3.27. The number of aliphatic hydroxyl groups excluding tert-OH is 1. The average Bonchev–Trinajstić information content (AvgIpc) is 3.23. The Morgan fingerprint density at radius 1 is 1.27 bits per heavy atom. The van der Waals surface area contributed by atoms with Crippen LogP contribution in [0.2, 0.25) is 0 Å². The number of ether oxygens (including phenoxy) is 1. The van der Waals surface area contributed by atoms with E-state index in [1.165, 1.54) is 0 Å². The molecular formula is C15H19NO5S. The zero-order valence-electron chi connectivity index (χ0n) is 12.3. The Balaban J connectivity index is 1.74. The molecule has 0 unspecified atom stereocenters. The summed E-state index contributed by atoms with van der Waals surface area (Å²) in [6.45, 7) is 0. The van der Waals surface area contributed by atoms with E-state index in [1.54, 1.807) is 19.2 Å². The molecule has 1 aromatic rings. The molecule has 3 rings (SSSR count). The highest BCUT2D eigenvalue weighted by Gasteiger charge is 2.52. The standard InChI is InChI=1S/C15H19NO5S/c1-21-11-4-2-10(3-5-11)15(6-7-15)14(18)16-12-8-22(19,20)9-13(12)17/h2-5,12-13,17H,6-9H2,1H3,(H,16,18)/t12-,13-/m1/s1. The minimum Gasteiger partial charge on any atom is -0.497 e. The predicted octanol–water partition coefficient (Wildman–Crippen LogP) is 0.000900. The Kier molecular flexibility index (Phi) is 3.65. The van der Waals surface area contributed by atoms with Gasteiger partial charge in [0.25, 0.3) is 0 Å². The normalized spacial score (nSPS) is 28.1. The fourth-order valence-electron chi connectivity index (χ4n) is 2.96. The maximum atomic E-state index is 12.5. The van der Waals surface area contributed by atoms with Gasteiger partial charge in [-0.2, -0.15) is 0 Å². The van der Waals surface area contributed by atoms with E-state index in [-0.39, 0.29) is 17.4 Å². The Morgan fingerprint density at radius 3 is 2.36 bits per heavy atom. The van der Waals surface area contributed by atoms with Crippen molar-refractivity contribution in [3.8, 4) is 5.75 Å². The number of carbonyl (C=O) groups excluding carboxylic acids is 1. The third-order valence-corrected chi connectivity index (χ3v) is 6.18. The van der Waals surface area contributed by atoms with Gasteiger partial charge in [-0.25, -0.2) is 8.42 Å². The molecule has 1 aromatic carbocycles. The van der Waals surface area contributed by atoms with Crippen molar-refractivity contribution in [3.05, 3.63) is 29.8 Å². The van der Waals surface area contributed by atoms with Gasteiger partial charge in [-0.05, 0) is 30.5 Å². The first-order valence-electron chi connectivity index (χ1n) is 7.20. The quantitative estimate of drug-likeness (QED) is 0.813. The van der Waals surface area contributed by atoms with E-state index >= 15 is 0 Å². The maximum Gasteiger partial charge on any atom is 0.230 e. The third kappa shape index (κ3) is 2.70. The fraction of sp³-hybridized carbons (Fsp3) is 0.533. The van der Waals surface area contributed by atoms with E-state index in [0.717, 1.165) is 24.2 Å². The number of carbonyl (C=O) groups is 1. The molecule has 1 aliphatic heterocycles. The SMILES string of the molecule is COc1ccc(C2(C(=O)N[C@@H]3CS(=O)(=O)C[C@H]3O)CC2)cc1. The topological polar surface area (TPSA) is 92.7 Å². The van der Waals surface area contributed by atoms with E-state index in [9.17, 15) is 18.3 Å². The highest BCUT2D eigenvalue weighted by atomic mass is 32.2. The van der Waals surface area contributed by atoms with Gasteiger partial charge in [0, 0.05) is 0 Å². The first kappa shape index (κ1) is 15.3. The van der Waals surface area contributed by atoms with Crippen molar-refractivity contribution < 1.29 is 23.1 Å². The summed E-state index contributed by atoms with van der Waals surface area (Å²) in [5.41, 5.74) is 0.291. The van der Waals surface area contributed by atoms with Crippen LogP contribution in [0.5, 0.6) is 5.75 Å². The van der Waals surface area contributed by atoms with Crippen molar-refractivity contribution in [2.24, 2.45) is 0 Å². The van der Waals surface area contributed by atoms with E-state index in [2.05, 4.69) is 5.32 Å². The lowest BCUT2D eigenvalue weighted by Crippen LogP contribution is -2.47. The first-order chi connectivity index (χ1) is 10.4. The number of nitrogens with one attached hydrogen (secondary N) is 1. The van der Waals surface area contributed by atoms with Crippen molar-refractivity contribution in [2.75, 3.05) is 18.6 Å². The predicted molar refractivity (Wildman–Crippen MR) is 80.5 cm³/mol. The molecule has 6 nitrogen and oxygen atoms in total. The molecule has 1 heterocycles. The number of hydrogen-bond donors (Lipinski definition) is 2. The zero-order chi connectivity index (χ0) is 16.0. The number of sulfone groups is 1. The molecule has 120 valence electrons. The Bertz CT molecular complexity index is 678. The number of benzene rings is 1. The molecule has 1 saturated heterocycles. The minimum absolute atomic E-state index is 0.196. The van der Waals surface area contributed by atoms with E-state index in [0.29, 0.717) is 0 Å². The Labute approximate surface area is 129 Å². The number of amides is 1. The summed E-state index contributed by atoms with van der Waals surface area (Å²) < 4.78 is 28.1. The molecule has 0 radical (unpaired) electrons. The van der Waals surface area contributed by atoms with E-state index in [4.69, 9.17) is 4.74 Å². The second kappa shape index (κ2) is 5.24. The number of methoxy groups -OCH3 is 1. The molecule has 0 bridgehead atoms. The van der Waals surface area contributed by atoms with Gasteiger partial charge in [0.1, 0.15) is 5.75 Å². The van der Waals surface area contributed by atoms with Gasteiger partial charge in [0.2, 0.25) is 5.91 Å². The molecule has 7 heteroatoms. The van der Waals surface area contributed by atoms with Gasteiger partial charge in [0.05, 0.1) is 36.2 Å². The van der Waals surface area contributed by atoms with Crippen LogP contribution in [-0.4, -0.2) is 50.2 Å². The van der Waals surface area contributed by atoms with E-state index in [1.807, 2.05) is 12.1 Å². The lowest BCUT2D eigenvalue weighted by Gasteiger charge is -2.21. The van der Waals surface area contributed by atoms with Gasteiger partial charge in [-0.3, -0.25) is 4.79 Å². The summed E-state index contributed by atoms with van der Waals surface area (Å²) in [6, 6.07) is 6.60. The average molecular weight is 325 g/mol. The zero-order valence-corrected chi connectivity index (χ0v) is 13.1. The summed E-state index contributed by atoms with van der Waals surface area (Å²) in [5, 5.41) is 12.5. The fourth-order valence-corrected chi connectivity index (χ4v) is 4.70. The highest BCUT2D eigenvalue weighted by molar-refractivity contribution is 7.91. The molecule has 1 saturated carbocycles. The molecule has 22 heavy (non-hydrogen) atoms. The molecule has 1 aliphatic carbocycles. The van der Waals surface area contributed by atoms with Gasteiger partial charge < -0.3 is 15.2 Å². The second-order valence-electron chi connectivity index (χ2n) is 6.03. The van der Waals surface area contributed by atoms with Crippen LogP contribution in [0.25, 0.3) is 0 Å². The van der Waals surface area contributed by atoms with Crippen molar-refractivity contribution in [1.82, 2.24) is 5.32 Å². The van der Waals surface area contributed by atoms with E-state index < -0.39 is 27.4 Å². The summed E-state index contributed by atoms with van der Waals surface area (Å²) in [7, 11) is -1.69. The molecule has 2 atom stereocenters. The number of rotatable bonds is 4. The van der Waals surface area contributed by atoms with Crippen LogP contribution in [0.3, 0.4) is 0 Å². The van der Waals surface area contributed by atoms with Crippen LogP contribution in [0, 0.1) is 0 Å². The molecule has 2 aliphatic rings. The third-order valence-electron chi connectivity index (χ3n) is 4.47. The van der Waals surface area contributed by atoms with Crippen LogP contribution >= 0.6 is 0 Å². The van der Waals surface area contributed by atoms with Crippen LogP contribution in [-0.2, 0) is 20.0 Å². The van der Waals surface area contributed by atoms with Crippen molar-refractivity contribution in [2.45, 2.75) is 30.4 Å². The second-order valence-corrected chi connectivity index (χ2v) is 8.19. The van der Waals surface area contributed by atoms with Crippen molar-refractivity contribution in [1.29, 1.82) is 0 Å². The Morgan fingerprint density at radius 2 is 1.91 bits per heavy atom. The molecular weight excluding hydrogens is 306 g/mol. The van der Waals surface area contributed by atoms with Crippen LogP contribution in [0.1, 0.15) is 18.4 Å². The monoisotopic (exact) mass is 325 g/mol. The molecule has 2 N–H and O–H groups in total. The molecule has 1 amide bonds. The summed E-state index contributed by atoms with van der Waals surface area (Å²) in [4.78, 5) is 12.5.